The molecule has 2 rings (SSSR count). The van der Waals surface area contributed by atoms with Crippen LogP contribution in [0.15, 0.2) is 16.5 Å². The van der Waals surface area contributed by atoms with E-state index in [0.717, 1.165) is 30.2 Å². The minimum atomic E-state index is -0.179. The fraction of sp³-hybridized carbons (Fsp3) is 0.500. The molecule has 0 saturated heterocycles. The Labute approximate surface area is 128 Å². The third kappa shape index (κ3) is 3.81. The van der Waals surface area contributed by atoms with Crippen LogP contribution in [-0.4, -0.2) is 20.7 Å². The Hall–Kier alpha value is -1.89. The number of carbonyl (C=O) groups excluding carboxylic acids is 1. The Bertz CT molecular complexity index is 671. The van der Waals surface area contributed by atoms with Gasteiger partial charge in [-0.05, 0) is 44.6 Å². The lowest BCUT2D eigenvalue weighted by atomic mass is 10.2. The Kier molecular flexibility index (Phi) is 4.95. The number of aromatic nitrogens is 3. The van der Waals surface area contributed by atoms with Crippen molar-refractivity contribution in [3.63, 3.8) is 0 Å². The molecule has 6 nitrogen and oxygen atoms in total. The van der Waals surface area contributed by atoms with Crippen LogP contribution in [0.5, 0.6) is 0 Å². The molecule has 2 aromatic heterocycles. The molecule has 0 bridgehead atoms. The molecule has 2 N–H and O–H groups in total. The van der Waals surface area contributed by atoms with Gasteiger partial charge in [0.2, 0.25) is 5.91 Å². The van der Waals surface area contributed by atoms with Crippen LogP contribution in [0.2, 0.25) is 0 Å². The van der Waals surface area contributed by atoms with E-state index < -0.39 is 0 Å². The molecule has 114 valence electrons. The number of rotatable bonds is 6. The summed E-state index contributed by atoms with van der Waals surface area (Å²) in [6.07, 6.45) is 1.73. The summed E-state index contributed by atoms with van der Waals surface area (Å²) in [6.45, 7) is 5.98. The largest absolute Gasteiger partial charge is 0.464 e. The van der Waals surface area contributed by atoms with Gasteiger partial charge in [0.05, 0.1) is 6.04 Å². The molecule has 0 aliphatic heterocycles. The number of amides is 1. The highest BCUT2D eigenvalue weighted by molar-refractivity contribution is 7.71. The molecule has 0 fully saturated rings. The molecule has 0 aliphatic rings. The summed E-state index contributed by atoms with van der Waals surface area (Å²) >= 11 is 5.16. The first-order chi connectivity index (χ1) is 10.0. The number of hydrogen-bond acceptors (Lipinski definition) is 4. The van der Waals surface area contributed by atoms with Crippen LogP contribution in [0.3, 0.4) is 0 Å². The van der Waals surface area contributed by atoms with Gasteiger partial charge in [-0.25, -0.2) is 0 Å². The van der Waals surface area contributed by atoms with Gasteiger partial charge in [0.25, 0.3) is 0 Å². The molecule has 0 saturated carbocycles. The van der Waals surface area contributed by atoms with Crippen molar-refractivity contribution in [1.29, 1.82) is 0 Å². The van der Waals surface area contributed by atoms with Crippen LogP contribution >= 0.6 is 12.2 Å². The van der Waals surface area contributed by atoms with Crippen molar-refractivity contribution in [2.45, 2.75) is 46.2 Å². The zero-order valence-corrected chi connectivity index (χ0v) is 13.3. The third-order valence-electron chi connectivity index (χ3n) is 3.18. The first-order valence-electron chi connectivity index (χ1n) is 7.01. The first-order valence-corrected chi connectivity index (χ1v) is 7.41. The van der Waals surface area contributed by atoms with Crippen LogP contribution in [0.25, 0.3) is 0 Å². The predicted octanol–water partition coefficient (Wildman–Crippen LogP) is 2.67. The van der Waals surface area contributed by atoms with Gasteiger partial charge in [-0.15, -0.1) is 0 Å². The SMILES string of the molecule is CCCc1n[nH]c(=S)n1CC(=O)NC(C)c1ccc(C)o1. The van der Waals surface area contributed by atoms with Crippen molar-refractivity contribution in [1.82, 2.24) is 20.1 Å². The van der Waals surface area contributed by atoms with E-state index in [0.29, 0.717) is 4.77 Å². The molecule has 2 heterocycles. The molecular formula is C14H20N4O2S. The number of hydrogen-bond donors (Lipinski definition) is 2. The van der Waals surface area contributed by atoms with E-state index in [2.05, 4.69) is 22.4 Å². The number of nitrogens with zero attached hydrogens (tertiary/aromatic N) is 2. The molecule has 0 aromatic carbocycles. The maximum Gasteiger partial charge on any atom is 0.240 e. The molecular weight excluding hydrogens is 288 g/mol. The van der Waals surface area contributed by atoms with E-state index >= 15 is 0 Å². The second-order valence-corrected chi connectivity index (χ2v) is 5.41. The molecule has 0 aliphatic carbocycles. The normalized spacial score (nSPS) is 12.3. The number of carbonyl (C=O) groups is 1. The van der Waals surface area contributed by atoms with Gasteiger partial charge in [0.1, 0.15) is 23.9 Å². The van der Waals surface area contributed by atoms with Gasteiger partial charge in [-0.3, -0.25) is 14.5 Å². The average molecular weight is 308 g/mol. The Morgan fingerprint density at radius 2 is 2.33 bits per heavy atom. The maximum atomic E-state index is 12.1. The topological polar surface area (TPSA) is 75.8 Å². The van der Waals surface area contributed by atoms with Crippen LogP contribution in [0.4, 0.5) is 0 Å². The zero-order valence-electron chi connectivity index (χ0n) is 12.5. The van der Waals surface area contributed by atoms with Gasteiger partial charge in [0.15, 0.2) is 4.77 Å². The van der Waals surface area contributed by atoms with E-state index in [1.165, 1.54) is 0 Å². The van der Waals surface area contributed by atoms with Crippen molar-refractivity contribution in [2.75, 3.05) is 0 Å². The van der Waals surface area contributed by atoms with E-state index in [1.807, 2.05) is 26.0 Å². The first kappa shape index (κ1) is 15.5. The molecule has 2 aromatic rings. The van der Waals surface area contributed by atoms with Crippen molar-refractivity contribution in [3.05, 3.63) is 34.2 Å². The molecule has 0 radical (unpaired) electrons. The average Bonchev–Trinajstić information content (AvgIpc) is 3.00. The van der Waals surface area contributed by atoms with E-state index in [-0.39, 0.29) is 18.5 Å². The predicted molar refractivity (Wildman–Crippen MR) is 81.4 cm³/mol. The van der Waals surface area contributed by atoms with Crippen molar-refractivity contribution in [3.8, 4) is 0 Å². The van der Waals surface area contributed by atoms with Crippen LogP contribution < -0.4 is 5.32 Å². The molecule has 7 heteroatoms. The second kappa shape index (κ2) is 6.71. The Morgan fingerprint density at radius 1 is 1.57 bits per heavy atom. The molecule has 1 amide bonds. The van der Waals surface area contributed by atoms with Crippen molar-refractivity contribution >= 4 is 18.1 Å². The van der Waals surface area contributed by atoms with E-state index in [4.69, 9.17) is 16.6 Å². The smallest absolute Gasteiger partial charge is 0.240 e. The summed E-state index contributed by atoms with van der Waals surface area (Å²) in [5.41, 5.74) is 0. The highest BCUT2D eigenvalue weighted by atomic mass is 32.1. The summed E-state index contributed by atoms with van der Waals surface area (Å²) in [4.78, 5) is 12.1. The summed E-state index contributed by atoms with van der Waals surface area (Å²) < 4.78 is 7.70. The molecule has 21 heavy (non-hydrogen) atoms. The number of aryl methyl sites for hydroxylation is 2. The second-order valence-electron chi connectivity index (χ2n) is 5.02. The van der Waals surface area contributed by atoms with Gasteiger partial charge in [-0.2, -0.15) is 5.10 Å². The highest BCUT2D eigenvalue weighted by Gasteiger charge is 2.15. The fourth-order valence-electron chi connectivity index (χ4n) is 2.12. The maximum absolute atomic E-state index is 12.1. The van der Waals surface area contributed by atoms with Crippen molar-refractivity contribution in [2.24, 2.45) is 0 Å². The van der Waals surface area contributed by atoms with Crippen molar-refractivity contribution < 1.29 is 9.21 Å². The minimum absolute atomic E-state index is 0.119. The van der Waals surface area contributed by atoms with Gasteiger partial charge >= 0.3 is 0 Å². The number of H-pyrrole nitrogens is 1. The zero-order chi connectivity index (χ0) is 15.4. The minimum Gasteiger partial charge on any atom is -0.464 e. The van der Waals surface area contributed by atoms with Gasteiger partial charge in [0, 0.05) is 6.42 Å². The summed E-state index contributed by atoms with van der Waals surface area (Å²) in [7, 11) is 0. The van der Waals surface area contributed by atoms with E-state index in [9.17, 15) is 4.79 Å². The lowest BCUT2D eigenvalue weighted by Gasteiger charge is -2.12. The number of aromatic amines is 1. The third-order valence-corrected chi connectivity index (χ3v) is 3.49. The van der Waals surface area contributed by atoms with Crippen LogP contribution in [0, 0.1) is 11.7 Å². The van der Waals surface area contributed by atoms with Crippen LogP contribution in [-0.2, 0) is 17.8 Å². The molecule has 0 spiro atoms. The van der Waals surface area contributed by atoms with Gasteiger partial charge < -0.3 is 9.73 Å². The van der Waals surface area contributed by atoms with E-state index in [1.54, 1.807) is 4.57 Å². The quantitative estimate of drug-likeness (QED) is 0.804. The number of furan rings is 1. The van der Waals surface area contributed by atoms with Gasteiger partial charge in [-0.1, -0.05) is 6.92 Å². The monoisotopic (exact) mass is 308 g/mol. The Balaban J connectivity index is 2.02. The Morgan fingerprint density at radius 3 is 2.95 bits per heavy atom. The summed E-state index contributed by atoms with van der Waals surface area (Å²) in [6, 6.07) is 3.57. The highest BCUT2D eigenvalue weighted by Crippen LogP contribution is 2.15. The summed E-state index contributed by atoms with van der Waals surface area (Å²) in [5, 5.41) is 9.78. The van der Waals surface area contributed by atoms with Crippen LogP contribution in [0.1, 0.15) is 43.7 Å². The number of nitrogens with one attached hydrogen (secondary N) is 2. The lowest BCUT2D eigenvalue weighted by molar-refractivity contribution is -0.122. The molecule has 1 atom stereocenters. The molecule has 1 unspecified atom stereocenters. The lowest BCUT2D eigenvalue weighted by Crippen LogP contribution is -2.30. The standard InChI is InChI=1S/C14H20N4O2S/c1-4-5-12-16-17-14(21)18(12)8-13(19)15-10(3)11-7-6-9(2)20-11/h6-7,10H,4-5,8H2,1-3H3,(H,15,19)(H,17,21). The fourth-order valence-corrected chi connectivity index (χ4v) is 2.33. The summed E-state index contributed by atoms with van der Waals surface area (Å²) in [5.74, 6) is 2.25.